The van der Waals surface area contributed by atoms with Crippen molar-refractivity contribution in [3.63, 3.8) is 0 Å². The lowest BCUT2D eigenvalue weighted by molar-refractivity contribution is 1.06. The van der Waals surface area contributed by atoms with Crippen LogP contribution in [0.15, 0.2) is 23.6 Å². The van der Waals surface area contributed by atoms with Crippen molar-refractivity contribution >= 4 is 28.4 Å². The minimum Gasteiger partial charge on any atom is -0.397 e. The molecular weight excluding hydrogens is 220 g/mol. The fraction of sp³-hybridized carbons (Fsp3) is 0.182. The molecule has 0 atom stereocenters. The number of hydrogen-bond donors (Lipinski definition) is 3. The lowest BCUT2D eigenvalue weighted by Crippen LogP contribution is -2.01. The minimum absolute atomic E-state index is 0.597. The van der Waals surface area contributed by atoms with Gasteiger partial charge in [-0.05, 0) is 25.1 Å². The van der Waals surface area contributed by atoms with Crippen LogP contribution in [-0.2, 0) is 6.54 Å². The normalized spacial score (nSPS) is 10.3. The van der Waals surface area contributed by atoms with Gasteiger partial charge in [-0.3, -0.25) is 0 Å². The Morgan fingerprint density at radius 2 is 2.12 bits per heavy atom. The lowest BCUT2D eigenvalue weighted by atomic mass is 10.2. The minimum atomic E-state index is 0.597. The topological polar surface area (TPSA) is 77.0 Å². The van der Waals surface area contributed by atoms with Crippen LogP contribution < -0.4 is 16.8 Å². The van der Waals surface area contributed by atoms with Gasteiger partial charge < -0.3 is 16.8 Å². The summed E-state index contributed by atoms with van der Waals surface area (Å²) in [5, 5.41) is 6.37. The standard InChI is InChI=1S/C11H14N4S/c1-7-15-9(6-16-7)5-14-8-2-3-10(12)11(13)4-8/h2-4,6,14H,5,12-13H2,1H3. The second-order valence-corrected chi connectivity index (χ2v) is 4.62. The van der Waals surface area contributed by atoms with Crippen LogP contribution in [0.1, 0.15) is 10.7 Å². The molecule has 1 aromatic carbocycles. The zero-order valence-corrected chi connectivity index (χ0v) is 9.84. The fourth-order valence-corrected chi connectivity index (χ4v) is 1.98. The SMILES string of the molecule is Cc1nc(CNc2ccc(N)c(N)c2)cs1. The molecule has 0 amide bonds. The Bertz CT molecular complexity index is 492. The van der Waals surface area contributed by atoms with E-state index in [0.717, 1.165) is 16.4 Å². The van der Waals surface area contributed by atoms with Gasteiger partial charge in [-0.25, -0.2) is 4.98 Å². The van der Waals surface area contributed by atoms with Crippen molar-refractivity contribution in [1.29, 1.82) is 0 Å². The molecule has 0 aliphatic rings. The Labute approximate surface area is 98.3 Å². The van der Waals surface area contributed by atoms with Gasteiger partial charge in [0.2, 0.25) is 0 Å². The van der Waals surface area contributed by atoms with E-state index in [0.29, 0.717) is 17.9 Å². The molecule has 0 saturated carbocycles. The van der Waals surface area contributed by atoms with Crippen molar-refractivity contribution in [2.24, 2.45) is 0 Å². The van der Waals surface area contributed by atoms with Crippen LogP contribution in [0.2, 0.25) is 0 Å². The molecule has 16 heavy (non-hydrogen) atoms. The van der Waals surface area contributed by atoms with Crippen LogP contribution in [0, 0.1) is 6.92 Å². The molecule has 1 heterocycles. The van der Waals surface area contributed by atoms with E-state index in [1.54, 1.807) is 17.4 Å². The predicted molar refractivity (Wildman–Crippen MR) is 69.4 cm³/mol. The number of benzene rings is 1. The molecule has 0 unspecified atom stereocenters. The first kappa shape index (κ1) is 10.8. The van der Waals surface area contributed by atoms with E-state index in [9.17, 15) is 0 Å². The largest absolute Gasteiger partial charge is 0.397 e. The first-order valence-electron chi connectivity index (χ1n) is 4.95. The first-order chi connectivity index (χ1) is 7.65. The average molecular weight is 234 g/mol. The second-order valence-electron chi connectivity index (χ2n) is 3.56. The molecule has 2 aromatic rings. The maximum absolute atomic E-state index is 5.72. The average Bonchev–Trinajstić information content (AvgIpc) is 2.66. The van der Waals surface area contributed by atoms with Crippen LogP contribution in [0.3, 0.4) is 0 Å². The molecule has 0 fully saturated rings. The summed E-state index contributed by atoms with van der Waals surface area (Å²) in [4.78, 5) is 4.37. The Hall–Kier alpha value is -1.75. The van der Waals surface area contributed by atoms with Crippen molar-refractivity contribution in [3.8, 4) is 0 Å². The second kappa shape index (κ2) is 4.40. The maximum Gasteiger partial charge on any atom is 0.0898 e. The highest BCUT2D eigenvalue weighted by molar-refractivity contribution is 7.09. The molecule has 0 aliphatic carbocycles. The first-order valence-corrected chi connectivity index (χ1v) is 5.83. The van der Waals surface area contributed by atoms with Crippen LogP contribution >= 0.6 is 11.3 Å². The van der Waals surface area contributed by atoms with Gasteiger partial charge in [-0.15, -0.1) is 11.3 Å². The van der Waals surface area contributed by atoms with Crippen molar-refractivity contribution in [3.05, 3.63) is 34.3 Å². The van der Waals surface area contributed by atoms with E-state index in [1.165, 1.54) is 0 Å². The lowest BCUT2D eigenvalue weighted by Gasteiger charge is -2.06. The molecule has 0 saturated heterocycles. The van der Waals surface area contributed by atoms with Gasteiger partial charge in [0.1, 0.15) is 0 Å². The number of nitrogens with one attached hydrogen (secondary N) is 1. The summed E-state index contributed by atoms with van der Waals surface area (Å²) in [6, 6.07) is 5.53. The number of nitrogens with zero attached hydrogens (tertiary/aromatic N) is 1. The third-order valence-corrected chi connectivity index (χ3v) is 3.05. The van der Waals surface area contributed by atoms with E-state index in [1.807, 2.05) is 24.4 Å². The molecule has 5 N–H and O–H groups in total. The van der Waals surface area contributed by atoms with E-state index in [2.05, 4.69) is 10.3 Å². The van der Waals surface area contributed by atoms with Crippen molar-refractivity contribution in [2.45, 2.75) is 13.5 Å². The Kier molecular flexibility index (Phi) is 2.96. The fourth-order valence-electron chi connectivity index (χ4n) is 1.37. The molecular formula is C11H14N4S. The number of thiazole rings is 1. The monoisotopic (exact) mass is 234 g/mol. The third kappa shape index (κ3) is 2.43. The van der Waals surface area contributed by atoms with Gasteiger partial charge in [0.25, 0.3) is 0 Å². The highest BCUT2D eigenvalue weighted by Gasteiger charge is 2.00. The molecule has 0 aliphatic heterocycles. The number of nitrogens with two attached hydrogens (primary N) is 2. The van der Waals surface area contributed by atoms with Crippen LogP contribution in [0.25, 0.3) is 0 Å². The molecule has 84 valence electrons. The van der Waals surface area contributed by atoms with Crippen molar-refractivity contribution in [1.82, 2.24) is 4.98 Å². The highest BCUT2D eigenvalue weighted by atomic mass is 32.1. The summed E-state index contributed by atoms with van der Waals surface area (Å²) in [7, 11) is 0. The molecule has 0 radical (unpaired) electrons. The molecule has 1 aromatic heterocycles. The molecule has 4 nitrogen and oxygen atoms in total. The number of aromatic nitrogens is 1. The molecule has 5 heteroatoms. The number of aryl methyl sites for hydroxylation is 1. The quantitative estimate of drug-likeness (QED) is 0.712. The van der Waals surface area contributed by atoms with Gasteiger partial charge >= 0.3 is 0 Å². The van der Waals surface area contributed by atoms with Gasteiger partial charge in [0.15, 0.2) is 0 Å². The summed E-state index contributed by atoms with van der Waals surface area (Å²) >= 11 is 1.65. The van der Waals surface area contributed by atoms with Crippen molar-refractivity contribution in [2.75, 3.05) is 16.8 Å². The van der Waals surface area contributed by atoms with Crippen LogP contribution in [-0.4, -0.2) is 4.98 Å². The van der Waals surface area contributed by atoms with E-state index < -0.39 is 0 Å². The van der Waals surface area contributed by atoms with E-state index in [-0.39, 0.29) is 0 Å². The number of rotatable bonds is 3. The molecule has 2 rings (SSSR count). The zero-order chi connectivity index (χ0) is 11.5. The third-order valence-electron chi connectivity index (χ3n) is 2.23. The number of nitrogen functional groups attached to an aromatic ring is 2. The smallest absolute Gasteiger partial charge is 0.0898 e. The molecule has 0 spiro atoms. The highest BCUT2D eigenvalue weighted by Crippen LogP contribution is 2.20. The summed E-state index contributed by atoms with van der Waals surface area (Å²) in [6.45, 7) is 2.70. The van der Waals surface area contributed by atoms with Gasteiger partial charge in [0.05, 0.1) is 28.6 Å². The Morgan fingerprint density at radius 1 is 1.31 bits per heavy atom. The van der Waals surface area contributed by atoms with Crippen molar-refractivity contribution < 1.29 is 0 Å². The predicted octanol–water partition coefficient (Wildman–Crippen LogP) is 2.23. The number of hydrogen-bond acceptors (Lipinski definition) is 5. The van der Waals surface area contributed by atoms with Gasteiger partial charge in [-0.2, -0.15) is 0 Å². The zero-order valence-electron chi connectivity index (χ0n) is 9.03. The van der Waals surface area contributed by atoms with E-state index in [4.69, 9.17) is 11.5 Å². The summed E-state index contributed by atoms with van der Waals surface area (Å²) in [6.07, 6.45) is 0. The maximum atomic E-state index is 5.72. The van der Waals surface area contributed by atoms with E-state index >= 15 is 0 Å². The molecule has 0 bridgehead atoms. The summed E-state index contributed by atoms with van der Waals surface area (Å²) < 4.78 is 0. The van der Waals surface area contributed by atoms with Gasteiger partial charge in [0, 0.05) is 11.1 Å². The Morgan fingerprint density at radius 3 is 2.75 bits per heavy atom. The number of anilines is 3. The Balaban J connectivity index is 2.02. The summed E-state index contributed by atoms with van der Waals surface area (Å²) in [5.41, 5.74) is 14.5. The van der Waals surface area contributed by atoms with Gasteiger partial charge in [-0.1, -0.05) is 0 Å². The van der Waals surface area contributed by atoms with Crippen LogP contribution in [0.4, 0.5) is 17.1 Å². The van der Waals surface area contributed by atoms with Crippen LogP contribution in [0.5, 0.6) is 0 Å². The summed E-state index contributed by atoms with van der Waals surface area (Å²) in [5.74, 6) is 0.